The Hall–Kier alpha value is -3.43. The van der Waals surface area contributed by atoms with Crippen molar-refractivity contribution in [1.82, 2.24) is 20.2 Å². The van der Waals surface area contributed by atoms with E-state index in [-0.39, 0.29) is 17.1 Å². The minimum Gasteiger partial charge on any atom is -0.497 e. The lowest BCUT2D eigenvalue weighted by atomic mass is 9.87. The molecule has 1 heterocycles. The number of amides is 1. The van der Waals surface area contributed by atoms with Crippen LogP contribution in [-0.4, -0.2) is 39.2 Å². The van der Waals surface area contributed by atoms with Crippen molar-refractivity contribution in [2.24, 2.45) is 5.10 Å². The second kappa shape index (κ2) is 12.0. The van der Waals surface area contributed by atoms with Crippen LogP contribution < -0.4 is 10.2 Å². The third-order valence-electron chi connectivity index (χ3n) is 5.90. The molecule has 3 aromatic carbocycles. The van der Waals surface area contributed by atoms with Crippen LogP contribution in [0.4, 0.5) is 0 Å². The zero-order valence-electron chi connectivity index (χ0n) is 22.0. The lowest BCUT2D eigenvalue weighted by Gasteiger charge is -2.19. The van der Waals surface area contributed by atoms with Gasteiger partial charge in [-0.15, -0.1) is 10.2 Å². The average Bonchev–Trinajstić information content (AvgIpc) is 3.34. The van der Waals surface area contributed by atoms with E-state index in [0.29, 0.717) is 16.7 Å². The summed E-state index contributed by atoms with van der Waals surface area (Å²) in [7, 11) is 1.64. The Morgan fingerprint density at radius 2 is 1.76 bits per heavy atom. The fraction of sp³-hybridized carbons (Fsp3) is 0.241. The maximum atomic E-state index is 12.6. The van der Waals surface area contributed by atoms with Crippen LogP contribution in [0.15, 0.2) is 87.5 Å². The van der Waals surface area contributed by atoms with E-state index in [9.17, 15) is 4.79 Å². The van der Waals surface area contributed by atoms with Gasteiger partial charge < -0.3 is 4.74 Å². The zero-order valence-corrected chi connectivity index (χ0v) is 24.4. The van der Waals surface area contributed by atoms with E-state index in [2.05, 4.69) is 81.7 Å². The second-order valence-electron chi connectivity index (χ2n) is 9.70. The molecule has 0 spiro atoms. The Kier molecular flexibility index (Phi) is 8.69. The summed E-state index contributed by atoms with van der Waals surface area (Å²) >= 11 is 4.76. The first-order chi connectivity index (χ1) is 18.2. The van der Waals surface area contributed by atoms with Crippen molar-refractivity contribution in [3.05, 3.63) is 88.4 Å². The van der Waals surface area contributed by atoms with Crippen molar-refractivity contribution >= 4 is 39.3 Å². The number of carbonyl (C=O) groups excluding carboxylic acids is 1. The number of carbonyl (C=O) groups is 1. The number of nitrogens with one attached hydrogen (secondary N) is 1. The van der Waals surface area contributed by atoms with E-state index in [1.807, 2.05) is 60.0 Å². The number of benzene rings is 3. The first-order valence-corrected chi connectivity index (χ1v) is 13.9. The number of hydrogen-bond donors (Lipinski definition) is 1. The Morgan fingerprint density at radius 3 is 2.39 bits per heavy atom. The number of methoxy groups -OCH3 is 1. The van der Waals surface area contributed by atoms with Crippen LogP contribution >= 0.6 is 27.7 Å². The average molecular weight is 593 g/mol. The smallest absolute Gasteiger partial charge is 0.250 e. The summed E-state index contributed by atoms with van der Waals surface area (Å²) in [4.78, 5) is 12.6. The highest BCUT2D eigenvalue weighted by Crippen LogP contribution is 2.30. The Balaban J connectivity index is 1.57. The molecule has 38 heavy (non-hydrogen) atoms. The largest absolute Gasteiger partial charge is 0.497 e. The van der Waals surface area contributed by atoms with Gasteiger partial charge in [-0.3, -0.25) is 9.36 Å². The van der Waals surface area contributed by atoms with Gasteiger partial charge in [-0.25, -0.2) is 5.43 Å². The molecule has 0 aliphatic heterocycles. The molecule has 0 saturated heterocycles. The standard InChI is InChI=1S/C29H30BrN5O2S/c1-19(21-7-6-8-23(30)17-21)31-32-26(36)18-38-28-34-33-27(20-9-11-22(12-10-20)29(2,3)4)35(28)24-13-15-25(37-5)16-14-24/h6-17H,18H2,1-5H3,(H,32,36)/b31-19+. The van der Waals surface area contributed by atoms with Crippen LogP contribution in [0, 0.1) is 0 Å². The van der Waals surface area contributed by atoms with E-state index in [0.717, 1.165) is 27.0 Å². The summed E-state index contributed by atoms with van der Waals surface area (Å²) in [6.45, 7) is 8.41. The molecule has 0 atom stereocenters. The van der Waals surface area contributed by atoms with Crippen LogP contribution in [0.1, 0.15) is 38.8 Å². The molecule has 0 aliphatic carbocycles. The molecule has 0 fully saturated rings. The molecule has 0 radical (unpaired) electrons. The summed E-state index contributed by atoms with van der Waals surface area (Å²) in [6, 6.07) is 23.8. The zero-order chi connectivity index (χ0) is 27.3. The van der Waals surface area contributed by atoms with Crippen LogP contribution in [0.5, 0.6) is 5.75 Å². The SMILES string of the molecule is COc1ccc(-n2c(SCC(=O)N/N=C(\C)c3cccc(Br)c3)nnc2-c2ccc(C(C)(C)C)cc2)cc1. The van der Waals surface area contributed by atoms with Crippen molar-refractivity contribution < 1.29 is 9.53 Å². The van der Waals surface area contributed by atoms with Gasteiger partial charge in [0.15, 0.2) is 11.0 Å². The van der Waals surface area contributed by atoms with Crippen molar-refractivity contribution in [2.45, 2.75) is 38.3 Å². The molecule has 4 aromatic rings. The fourth-order valence-corrected chi connectivity index (χ4v) is 4.86. The van der Waals surface area contributed by atoms with Gasteiger partial charge in [-0.2, -0.15) is 5.10 Å². The van der Waals surface area contributed by atoms with Crippen LogP contribution in [0.3, 0.4) is 0 Å². The van der Waals surface area contributed by atoms with Crippen LogP contribution in [-0.2, 0) is 10.2 Å². The third kappa shape index (κ3) is 6.71. The topological polar surface area (TPSA) is 81.4 Å². The molecule has 1 aromatic heterocycles. The molecule has 0 unspecified atom stereocenters. The normalized spacial score (nSPS) is 11.9. The summed E-state index contributed by atoms with van der Waals surface area (Å²) in [5, 5.41) is 13.8. The molecule has 0 saturated carbocycles. The van der Waals surface area contributed by atoms with Gasteiger partial charge >= 0.3 is 0 Å². The van der Waals surface area contributed by atoms with Crippen LogP contribution in [0.25, 0.3) is 17.1 Å². The molecular formula is C29H30BrN5O2S. The van der Waals surface area contributed by atoms with E-state index >= 15 is 0 Å². The highest BCUT2D eigenvalue weighted by atomic mass is 79.9. The second-order valence-corrected chi connectivity index (χ2v) is 11.6. The minimum absolute atomic E-state index is 0.0500. The van der Waals surface area contributed by atoms with Gasteiger partial charge in [0.1, 0.15) is 5.75 Å². The third-order valence-corrected chi connectivity index (χ3v) is 7.32. The highest BCUT2D eigenvalue weighted by molar-refractivity contribution is 9.10. The summed E-state index contributed by atoms with van der Waals surface area (Å²) in [5.74, 6) is 1.35. The maximum Gasteiger partial charge on any atom is 0.250 e. The van der Waals surface area contributed by atoms with Crippen molar-refractivity contribution in [3.63, 3.8) is 0 Å². The van der Waals surface area contributed by atoms with E-state index in [1.165, 1.54) is 17.3 Å². The number of aromatic nitrogens is 3. The quantitative estimate of drug-likeness (QED) is 0.141. The predicted molar refractivity (Wildman–Crippen MR) is 157 cm³/mol. The lowest BCUT2D eigenvalue weighted by molar-refractivity contribution is -0.118. The molecule has 9 heteroatoms. The molecule has 1 N–H and O–H groups in total. The number of rotatable bonds is 8. The monoisotopic (exact) mass is 591 g/mol. The molecule has 4 rings (SSSR count). The Labute approximate surface area is 235 Å². The van der Waals surface area contributed by atoms with Gasteiger partial charge in [-0.05, 0) is 59.9 Å². The van der Waals surface area contributed by atoms with Gasteiger partial charge in [0.05, 0.1) is 18.6 Å². The fourth-order valence-electron chi connectivity index (χ4n) is 3.72. The van der Waals surface area contributed by atoms with Gasteiger partial charge in [-0.1, -0.05) is 84.9 Å². The number of hydrazone groups is 1. The van der Waals surface area contributed by atoms with Crippen molar-refractivity contribution in [2.75, 3.05) is 12.9 Å². The van der Waals surface area contributed by atoms with Gasteiger partial charge in [0.2, 0.25) is 0 Å². The lowest BCUT2D eigenvalue weighted by Crippen LogP contribution is -2.21. The summed E-state index contributed by atoms with van der Waals surface area (Å²) < 4.78 is 8.24. The molecule has 0 aliphatic rings. The number of thioether (sulfide) groups is 1. The first-order valence-electron chi connectivity index (χ1n) is 12.1. The molecule has 0 bridgehead atoms. The molecule has 7 nitrogen and oxygen atoms in total. The molecular weight excluding hydrogens is 562 g/mol. The minimum atomic E-state index is -0.232. The maximum absolute atomic E-state index is 12.6. The highest BCUT2D eigenvalue weighted by Gasteiger charge is 2.19. The summed E-state index contributed by atoms with van der Waals surface area (Å²) in [6.07, 6.45) is 0. The Morgan fingerprint density at radius 1 is 1.05 bits per heavy atom. The van der Waals surface area contributed by atoms with E-state index in [4.69, 9.17) is 4.74 Å². The summed E-state index contributed by atoms with van der Waals surface area (Å²) in [5.41, 5.74) is 7.38. The first kappa shape index (κ1) is 27.6. The van der Waals surface area contributed by atoms with Crippen molar-refractivity contribution in [1.29, 1.82) is 0 Å². The number of halogens is 1. The molecule has 1 amide bonds. The van der Waals surface area contributed by atoms with Gasteiger partial charge in [0.25, 0.3) is 5.91 Å². The van der Waals surface area contributed by atoms with Gasteiger partial charge in [0, 0.05) is 15.7 Å². The predicted octanol–water partition coefficient (Wildman–Crippen LogP) is 6.64. The van der Waals surface area contributed by atoms with Crippen molar-refractivity contribution in [3.8, 4) is 22.8 Å². The van der Waals surface area contributed by atoms with E-state index in [1.54, 1.807) is 7.11 Å². The van der Waals surface area contributed by atoms with Crippen LogP contribution in [0.2, 0.25) is 0 Å². The van der Waals surface area contributed by atoms with E-state index < -0.39 is 0 Å². The number of hydrogen-bond acceptors (Lipinski definition) is 6. The Bertz CT molecular complexity index is 1440. The number of ether oxygens (including phenoxy) is 1. The molecule has 196 valence electrons. The number of nitrogens with zero attached hydrogens (tertiary/aromatic N) is 4.